The van der Waals surface area contributed by atoms with Gasteiger partial charge in [0.05, 0.1) is 4.92 Å². The van der Waals surface area contributed by atoms with Crippen LogP contribution in [0.5, 0.6) is 5.75 Å². The largest absolute Gasteiger partial charge is 0.477 e. The predicted octanol–water partition coefficient (Wildman–Crippen LogP) is 3.22. The molecule has 0 saturated carbocycles. The van der Waals surface area contributed by atoms with Crippen molar-refractivity contribution in [1.29, 1.82) is 0 Å². The van der Waals surface area contributed by atoms with E-state index in [0.29, 0.717) is 5.69 Å². The van der Waals surface area contributed by atoms with Crippen molar-refractivity contribution in [1.82, 2.24) is 0 Å². The molecule has 0 aliphatic heterocycles. The molecule has 2 aromatic rings. The van der Waals surface area contributed by atoms with Crippen LogP contribution in [0.25, 0.3) is 0 Å². The Hall–Kier alpha value is -2.16. The first kappa shape index (κ1) is 15.2. The van der Waals surface area contributed by atoms with Crippen molar-refractivity contribution in [3.8, 4) is 5.75 Å². The maximum atomic E-state index is 11.7. The van der Waals surface area contributed by atoms with Crippen LogP contribution in [0.1, 0.15) is 0 Å². The van der Waals surface area contributed by atoms with Crippen LogP contribution < -0.4 is 10.1 Å². The second kappa shape index (κ2) is 7.02. The molecule has 108 valence electrons. The normalized spacial score (nSPS) is 9.95. The van der Waals surface area contributed by atoms with Crippen molar-refractivity contribution in [3.63, 3.8) is 0 Å². The summed E-state index contributed by atoms with van der Waals surface area (Å²) in [6.07, 6.45) is 0. The number of carbonyl (C=O) groups excluding carboxylic acids is 1. The van der Waals surface area contributed by atoms with Crippen molar-refractivity contribution in [2.45, 2.75) is 0 Å². The molecule has 0 spiro atoms. The Bertz CT molecular complexity index is 658. The van der Waals surface area contributed by atoms with E-state index in [1.165, 1.54) is 18.2 Å². The fourth-order valence-electron chi connectivity index (χ4n) is 1.60. The van der Waals surface area contributed by atoms with Gasteiger partial charge in [0.2, 0.25) is 0 Å². The molecule has 1 N–H and O–H groups in total. The zero-order valence-electron chi connectivity index (χ0n) is 10.8. The third kappa shape index (κ3) is 4.42. The van der Waals surface area contributed by atoms with Gasteiger partial charge < -0.3 is 10.1 Å². The lowest BCUT2D eigenvalue weighted by atomic mass is 10.3. The summed E-state index contributed by atoms with van der Waals surface area (Å²) in [4.78, 5) is 22.0. The summed E-state index contributed by atoms with van der Waals surface area (Å²) < 4.78 is 6.26. The molecule has 0 heterocycles. The third-order valence-electron chi connectivity index (χ3n) is 2.55. The number of nitro benzene ring substituents is 1. The Morgan fingerprint density at radius 2 is 1.86 bits per heavy atom. The maximum Gasteiger partial charge on any atom is 0.310 e. The van der Waals surface area contributed by atoms with Crippen molar-refractivity contribution < 1.29 is 14.5 Å². The van der Waals surface area contributed by atoms with Crippen LogP contribution >= 0.6 is 22.6 Å². The number of amides is 1. The summed E-state index contributed by atoms with van der Waals surface area (Å²) in [5.41, 5.74) is 0.478. The minimum absolute atomic E-state index is 0.0697. The van der Waals surface area contributed by atoms with E-state index in [-0.39, 0.29) is 24.0 Å². The van der Waals surface area contributed by atoms with Crippen LogP contribution in [0.2, 0.25) is 0 Å². The molecule has 21 heavy (non-hydrogen) atoms. The summed E-state index contributed by atoms with van der Waals surface area (Å²) in [5.74, 6) is -0.311. The number of para-hydroxylation sites is 2. The standard InChI is InChI=1S/C14H11IN2O4/c15-10-5-7-11(8-6-10)16-14(18)9-21-13-4-2-1-3-12(13)17(19)20/h1-8H,9H2,(H,16,18). The molecular formula is C14H11IN2O4. The molecule has 0 saturated heterocycles. The predicted molar refractivity (Wildman–Crippen MR) is 86.4 cm³/mol. The van der Waals surface area contributed by atoms with E-state index in [1.807, 2.05) is 12.1 Å². The van der Waals surface area contributed by atoms with Gasteiger partial charge in [-0.15, -0.1) is 0 Å². The van der Waals surface area contributed by atoms with Gasteiger partial charge in [0.25, 0.3) is 5.91 Å². The van der Waals surface area contributed by atoms with Crippen LogP contribution in [0.4, 0.5) is 11.4 Å². The molecular weight excluding hydrogens is 387 g/mol. The molecule has 2 rings (SSSR count). The molecule has 0 aromatic heterocycles. The van der Waals surface area contributed by atoms with Gasteiger partial charge in [-0.3, -0.25) is 14.9 Å². The first-order valence-electron chi connectivity index (χ1n) is 5.98. The van der Waals surface area contributed by atoms with Crippen molar-refractivity contribution >= 4 is 39.9 Å². The van der Waals surface area contributed by atoms with Gasteiger partial charge in [-0.1, -0.05) is 12.1 Å². The first-order chi connectivity index (χ1) is 10.1. The topological polar surface area (TPSA) is 81.5 Å². The third-order valence-corrected chi connectivity index (χ3v) is 3.27. The van der Waals surface area contributed by atoms with Gasteiger partial charge in [0, 0.05) is 15.3 Å². The van der Waals surface area contributed by atoms with Gasteiger partial charge >= 0.3 is 5.69 Å². The van der Waals surface area contributed by atoms with E-state index < -0.39 is 4.92 Å². The fraction of sp³-hybridized carbons (Fsp3) is 0.0714. The number of rotatable bonds is 5. The highest BCUT2D eigenvalue weighted by Gasteiger charge is 2.14. The molecule has 6 nitrogen and oxygen atoms in total. The molecule has 7 heteroatoms. The van der Waals surface area contributed by atoms with Crippen molar-refractivity contribution in [3.05, 3.63) is 62.2 Å². The van der Waals surface area contributed by atoms with Crippen LogP contribution in [0, 0.1) is 13.7 Å². The number of hydrogen-bond acceptors (Lipinski definition) is 4. The molecule has 0 fully saturated rings. The van der Waals surface area contributed by atoms with Crippen LogP contribution in [0.15, 0.2) is 48.5 Å². The van der Waals surface area contributed by atoms with Crippen LogP contribution in [-0.4, -0.2) is 17.4 Å². The van der Waals surface area contributed by atoms with E-state index in [2.05, 4.69) is 27.9 Å². The average molecular weight is 398 g/mol. The minimum Gasteiger partial charge on any atom is -0.477 e. The summed E-state index contributed by atoms with van der Waals surface area (Å²) in [6, 6.07) is 13.2. The molecule has 0 radical (unpaired) electrons. The molecule has 2 aromatic carbocycles. The molecule has 0 atom stereocenters. The summed E-state index contributed by atoms with van der Waals surface area (Å²) in [6.45, 7) is -0.295. The first-order valence-corrected chi connectivity index (χ1v) is 7.06. The monoisotopic (exact) mass is 398 g/mol. The van der Waals surface area contributed by atoms with E-state index in [0.717, 1.165) is 3.57 Å². The molecule has 0 bridgehead atoms. The lowest BCUT2D eigenvalue weighted by Gasteiger charge is -2.07. The Morgan fingerprint density at radius 1 is 1.19 bits per heavy atom. The van der Waals surface area contributed by atoms with Gasteiger partial charge in [0.1, 0.15) is 0 Å². The van der Waals surface area contributed by atoms with Gasteiger partial charge in [-0.2, -0.15) is 0 Å². The second-order valence-corrected chi connectivity index (χ2v) is 5.31. The lowest BCUT2D eigenvalue weighted by molar-refractivity contribution is -0.385. The smallest absolute Gasteiger partial charge is 0.310 e. The fourth-order valence-corrected chi connectivity index (χ4v) is 1.96. The number of benzene rings is 2. The molecule has 0 unspecified atom stereocenters. The summed E-state index contributed by atoms with van der Waals surface area (Å²) >= 11 is 2.16. The van der Waals surface area contributed by atoms with Gasteiger partial charge in [0.15, 0.2) is 12.4 Å². The van der Waals surface area contributed by atoms with Gasteiger partial charge in [-0.05, 0) is 52.9 Å². The second-order valence-electron chi connectivity index (χ2n) is 4.07. The summed E-state index contributed by atoms with van der Waals surface area (Å²) in [7, 11) is 0. The maximum absolute atomic E-state index is 11.7. The number of nitrogens with one attached hydrogen (secondary N) is 1. The van der Waals surface area contributed by atoms with Crippen LogP contribution in [-0.2, 0) is 4.79 Å². The highest BCUT2D eigenvalue weighted by atomic mass is 127. The number of nitro groups is 1. The van der Waals surface area contributed by atoms with E-state index >= 15 is 0 Å². The molecule has 0 aliphatic rings. The Morgan fingerprint density at radius 3 is 2.52 bits per heavy atom. The SMILES string of the molecule is O=C(COc1ccccc1[N+](=O)[O-])Nc1ccc(I)cc1. The van der Waals surface area contributed by atoms with E-state index in [4.69, 9.17) is 4.74 Å². The number of carbonyl (C=O) groups is 1. The van der Waals surface area contributed by atoms with Crippen LogP contribution in [0.3, 0.4) is 0 Å². The van der Waals surface area contributed by atoms with Crippen molar-refractivity contribution in [2.24, 2.45) is 0 Å². The Balaban J connectivity index is 1.95. The van der Waals surface area contributed by atoms with Gasteiger partial charge in [-0.25, -0.2) is 0 Å². The average Bonchev–Trinajstić information content (AvgIpc) is 2.48. The van der Waals surface area contributed by atoms with E-state index in [9.17, 15) is 14.9 Å². The van der Waals surface area contributed by atoms with E-state index in [1.54, 1.807) is 18.2 Å². The Labute approximate surface area is 134 Å². The molecule has 0 aliphatic carbocycles. The quantitative estimate of drug-likeness (QED) is 0.477. The lowest BCUT2D eigenvalue weighted by Crippen LogP contribution is -2.20. The van der Waals surface area contributed by atoms with Crippen molar-refractivity contribution in [2.75, 3.05) is 11.9 Å². The zero-order chi connectivity index (χ0) is 15.2. The highest BCUT2D eigenvalue weighted by molar-refractivity contribution is 14.1. The number of anilines is 1. The number of halogens is 1. The minimum atomic E-state index is -0.549. The summed E-state index contributed by atoms with van der Waals surface area (Å²) in [5, 5.41) is 13.5. The number of nitrogens with zero attached hydrogens (tertiary/aromatic N) is 1. The zero-order valence-corrected chi connectivity index (χ0v) is 12.9. The highest BCUT2D eigenvalue weighted by Crippen LogP contribution is 2.25. The Kier molecular flexibility index (Phi) is 5.09. The number of hydrogen-bond donors (Lipinski definition) is 1. The number of ether oxygens (including phenoxy) is 1. The molecule has 1 amide bonds.